The molecule has 0 aliphatic heterocycles. The van der Waals surface area contributed by atoms with E-state index in [1.54, 1.807) is 7.05 Å². The van der Waals surface area contributed by atoms with Crippen LogP contribution in [-0.2, 0) is 6.42 Å². The van der Waals surface area contributed by atoms with Gasteiger partial charge in [0.1, 0.15) is 0 Å². The van der Waals surface area contributed by atoms with Crippen molar-refractivity contribution in [3.8, 4) is 11.8 Å². The molecule has 0 saturated heterocycles. The number of hydrogen-bond donors (Lipinski definition) is 6. The van der Waals surface area contributed by atoms with Crippen LogP contribution < -0.4 is 10.6 Å². The van der Waals surface area contributed by atoms with Gasteiger partial charge in [-0.1, -0.05) is 55.5 Å². The quantitative estimate of drug-likeness (QED) is 0.0818. The molecule has 6 unspecified atom stereocenters. The lowest BCUT2D eigenvalue weighted by molar-refractivity contribution is -0.113. The van der Waals surface area contributed by atoms with Crippen LogP contribution in [0.4, 0.5) is 0 Å². The normalized spacial score (nSPS) is 34.3. The first-order valence-corrected chi connectivity index (χ1v) is 17.0. The zero-order valence-electron chi connectivity index (χ0n) is 26.5. The van der Waals surface area contributed by atoms with Crippen LogP contribution in [0.3, 0.4) is 0 Å². The zero-order chi connectivity index (χ0) is 30.8. The maximum Gasteiger partial charge on any atom is 0.191 e. The monoisotopic (exact) mass is 600 g/mol. The van der Waals surface area contributed by atoms with Crippen LogP contribution in [-0.4, -0.2) is 63.7 Å². The van der Waals surface area contributed by atoms with Crippen molar-refractivity contribution in [3.63, 3.8) is 0 Å². The number of H-pyrrole nitrogens is 1. The fourth-order valence-electron chi connectivity index (χ4n) is 9.34. The van der Waals surface area contributed by atoms with E-state index in [4.69, 9.17) is 6.58 Å². The number of aliphatic hydroxyl groups excluding tert-OH is 1. The molecule has 6 atom stereocenters. The van der Waals surface area contributed by atoms with Crippen molar-refractivity contribution in [1.29, 1.82) is 0 Å². The van der Waals surface area contributed by atoms with Gasteiger partial charge in [0.2, 0.25) is 0 Å². The lowest BCUT2D eigenvalue weighted by Crippen LogP contribution is -2.51. The van der Waals surface area contributed by atoms with E-state index >= 15 is 0 Å². The third-order valence-electron chi connectivity index (χ3n) is 11.8. The number of aliphatic hydroxyl groups is 3. The Labute approximate surface area is 263 Å². The molecule has 44 heavy (non-hydrogen) atoms. The van der Waals surface area contributed by atoms with E-state index < -0.39 is 11.2 Å². The van der Waals surface area contributed by atoms with Crippen LogP contribution in [0.15, 0.2) is 47.5 Å². The van der Waals surface area contributed by atoms with Crippen LogP contribution in [0.25, 0.3) is 10.9 Å². The van der Waals surface area contributed by atoms with E-state index in [9.17, 15) is 15.3 Å². The number of nitrogens with one attached hydrogen (secondary N) is 3. The molecule has 3 saturated carbocycles. The second kappa shape index (κ2) is 12.9. The van der Waals surface area contributed by atoms with Crippen LogP contribution >= 0.6 is 0 Å². The molecule has 1 aromatic heterocycles. The molecular weight excluding hydrogens is 548 g/mol. The Hall–Kier alpha value is -2.79. The first-order chi connectivity index (χ1) is 21.3. The molecule has 4 aliphatic rings. The summed E-state index contributed by atoms with van der Waals surface area (Å²) in [5, 5.41) is 42.6. The molecule has 7 nitrogen and oxygen atoms in total. The number of hydrogen-bond acceptors (Lipinski definition) is 4. The Morgan fingerprint density at radius 1 is 1.07 bits per heavy atom. The minimum Gasteiger partial charge on any atom is -0.396 e. The smallest absolute Gasteiger partial charge is 0.191 e. The third kappa shape index (κ3) is 6.06. The molecular formula is C37H52N4O3. The topological polar surface area (TPSA) is 113 Å². The summed E-state index contributed by atoms with van der Waals surface area (Å²) >= 11 is 0. The Kier molecular flexibility index (Phi) is 9.15. The second-order valence-corrected chi connectivity index (χ2v) is 14.3. The summed E-state index contributed by atoms with van der Waals surface area (Å²) in [6.07, 6.45) is 12.3. The number of aromatic nitrogens is 1. The van der Waals surface area contributed by atoms with Crippen LogP contribution in [0, 0.1) is 35.0 Å². The number of aliphatic imine (C=N–C) groups is 1. The molecule has 7 heteroatoms. The van der Waals surface area contributed by atoms with Gasteiger partial charge in [-0.05, 0) is 86.6 Å². The molecule has 3 fully saturated rings. The molecule has 4 aliphatic carbocycles. The molecule has 238 valence electrons. The predicted molar refractivity (Wildman–Crippen MR) is 177 cm³/mol. The maximum absolute atomic E-state index is 12.8. The average Bonchev–Trinajstić information content (AvgIpc) is 3.56. The Morgan fingerprint density at radius 2 is 1.89 bits per heavy atom. The van der Waals surface area contributed by atoms with Crippen LogP contribution in [0.2, 0.25) is 0 Å². The van der Waals surface area contributed by atoms with E-state index in [2.05, 4.69) is 62.8 Å². The number of benzene rings is 1. The van der Waals surface area contributed by atoms with Crippen molar-refractivity contribution in [2.75, 3.05) is 20.2 Å². The number of rotatable bonds is 8. The van der Waals surface area contributed by atoms with Gasteiger partial charge in [-0.15, -0.1) is 5.92 Å². The van der Waals surface area contributed by atoms with Crippen molar-refractivity contribution in [1.82, 2.24) is 15.6 Å². The summed E-state index contributed by atoms with van der Waals surface area (Å²) in [5.74, 6) is 8.04. The van der Waals surface area contributed by atoms with E-state index in [-0.39, 0.29) is 29.9 Å². The Bertz CT molecular complexity index is 1380. The highest BCUT2D eigenvalue weighted by atomic mass is 16.3. The van der Waals surface area contributed by atoms with Gasteiger partial charge in [0.25, 0.3) is 0 Å². The minimum atomic E-state index is -0.940. The summed E-state index contributed by atoms with van der Waals surface area (Å²) in [7, 11) is 1.74. The second-order valence-electron chi connectivity index (χ2n) is 14.3. The molecule has 0 radical (unpaired) electrons. The number of allylic oxidation sites excluding steroid dienone is 1. The number of guanidine groups is 1. The highest BCUT2D eigenvalue weighted by Crippen LogP contribution is 2.61. The predicted octanol–water partition coefficient (Wildman–Crippen LogP) is 5.22. The van der Waals surface area contributed by atoms with E-state index in [0.29, 0.717) is 44.1 Å². The van der Waals surface area contributed by atoms with Crippen molar-refractivity contribution in [2.45, 2.75) is 107 Å². The summed E-state index contributed by atoms with van der Waals surface area (Å²) in [5.41, 5.74) is 1.45. The van der Waals surface area contributed by atoms with Gasteiger partial charge in [0, 0.05) is 56.1 Å². The van der Waals surface area contributed by atoms with Gasteiger partial charge >= 0.3 is 0 Å². The molecule has 1 aromatic carbocycles. The molecule has 0 spiro atoms. The average molecular weight is 601 g/mol. The molecule has 6 rings (SSSR count). The Balaban J connectivity index is 1.35. The fourth-order valence-corrected chi connectivity index (χ4v) is 9.34. The van der Waals surface area contributed by atoms with Crippen LogP contribution in [0.1, 0.15) is 89.2 Å². The largest absolute Gasteiger partial charge is 0.396 e. The highest BCUT2D eigenvalue weighted by molar-refractivity contribution is 5.80. The molecule has 2 bridgehead atoms. The minimum absolute atomic E-state index is 0.0354. The highest BCUT2D eigenvalue weighted by Gasteiger charge is 2.61. The van der Waals surface area contributed by atoms with Crippen molar-refractivity contribution in [3.05, 3.63) is 48.2 Å². The van der Waals surface area contributed by atoms with Gasteiger partial charge in [0.15, 0.2) is 5.96 Å². The summed E-state index contributed by atoms with van der Waals surface area (Å²) < 4.78 is 0. The standard InChI is InChI=1S/C37H52N4O3/c1-26(22-30-23-27-10-6-7-14-33(27)40-30)35-16-8-13-29(41-34(38-2)39-20-9-21-42)24-36(43)17-15-31(32(36)25-35)37(44,19-18-35)28-11-4-3-5-12-28/h6-7,10,14,23,28-29,31-32,40,42-44H,1,3-5,9,11-12,15-22,24-25H2,2H3,(H2,38,39,41). The first-order valence-electron chi connectivity index (χ1n) is 17.0. The number of nitrogens with zero attached hydrogens (tertiary/aromatic N) is 1. The summed E-state index contributed by atoms with van der Waals surface area (Å²) in [4.78, 5) is 8.01. The van der Waals surface area contributed by atoms with Gasteiger partial charge in [-0.3, -0.25) is 4.99 Å². The van der Waals surface area contributed by atoms with Crippen LogP contribution in [0.5, 0.6) is 0 Å². The molecule has 0 amide bonds. The van der Waals surface area contributed by atoms with E-state index in [1.807, 2.05) is 0 Å². The van der Waals surface area contributed by atoms with Gasteiger partial charge < -0.3 is 30.9 Å². The summed E-state index contributed by atoms with van der Waals surface area (Å²) in [6.45, 7) is 5.48. The first kappa shape index (κ1) is 31.2. The van der Waals surface area contributed by atoms with Gasteiger partial charge in [-0.2, -0.15) is 0 Å². The lowest BCUT2D eigenvalue weighted by Gasteiger charge is -2.45. The third-order valence-corrected chi connectivity index (χ3v) is 11.8. The molecule has 6 N–H and O–H groups in total. The van der Waals surface area contributed by atoms with Crippen molar-refractivity contribution < 1.29 is 15.3 Å². The number of fused-ring (bicyclic) bond motifs is 2. The number of aromatic amines is 1. The van der Waals surface area contributed by atoms with E-state index in [0.717, 1.165) is 61.7 Å². The maximum atomic E-state index is 12.8. The number of para-hydroxylation sites is 1. The lowest BCUT2D eigenvalue weighted by atomic mass is 9.64. The SMILES string of the molecule is C=C(Cc1cc2ccccc2[nH]1)C12CC#CC(NC(=NC)NCCCO)CC3(O)CCC(C3C1)C(O)(C1CCCCC1)CC2. The Morgan fingerprint density at radius 3 is 2.66 bits per heavy atom. The fraction of sp³-hybridized carbons (Fsp3) is 0.649. The van der Waals surface area contributed by atoms with Gasteiger partial charge in [0.05, 0.1) is 17.2 Å². The molecule has 1 heterocycles. The zero-order valence-corrected chi connectivity index (χ0v) is 26.5. The van der Waals surface area contributed by atoms with Gasteiger partial charge in [-0.25, -0.2) is 0 Å². The van der Waals surface area contributed by atoms with E-state index in [1.165, 1.54) is 24.6 Å². The van der Waals surface area contributed by atoms with Crippen molar-refractivity contribution in [2.24, 2.45) is 28.2 Å². The molecule has 2 aromatic rings. The summed E-state index contributed by atoms with van der Waals surface area (Å²) in [6, 6.07) is 10.3. The van der Waals surface area contributed by atoms with Crippen molar-refractivity contribution >= 4 is 16.9 Å².